The fourth-order valence-electron chi connectivity index (χ4n) is 3.99. The van der Waals surface area contributed by atoms with Crippen LogP contribution < -0.4 is 9.62 Å². The second-order valence-electron chi connectivity index (χ2n) is 8.68. The first-order valence-electron chi connectivity index (χ1n) is 12.0. The molecular weight excluding hydrogens is 574 g/mol. The summed E-state index contributed by atoms with van der Waals surface area (Å²) in [5.41, 5.74) is -1.30. The average molecular weight is 600 g/mol. The molecule has 0 aromatic heterocycles. The van der Waals surface area contributed by atoms with Crippen LogP contribution in [0.15, 0.2) is 77.7 Å². The van der Waals surface area contributed by atoms with Crippen molar-refractivity contribution in [2.24, 2.45) is 0 Å². The van der Waals surface area contributed by atoms with E-state index in [2.05, 4.69) is 5.32 Å². The van der Waals surface area contributed by atoms with E-state index in [0.717, 1.165) is 23.1 Å². The van der Waals surface area contributed by atoms with Gasteiger partial charge in [-0.25, -0.2) is 12.8 Å². The minimum Gasteiger partial charge on any atom is -0.357 e. The maximum Gasteiger partial charge on any atom is 0.416 e. The molecule has 1 N–H and O–H groups in total. The second-order valence-corrected chi connectivity index (χ2v) is 10.9. The fourth-order valence-corrected chi connectivity index (χ4v) is 5.70. The molecule has 0 unspecified atom stereocenters. The van der Waals surface area contributed by atoms with E-state index >= 15 is 0 Å². The number of hydrogen-bond donors (Lipinski definition) is 1. The minimum atomic E-state index is -4.83. The lowest BCUT2D eigenvalue weighted by Crippen LogP contribution is -2.51. The van der Waals surface area contributed by atoms with Gasteiger partial charge < -0.3 is 10.2 Å². The van der Waals surface area contributed by atoms with Gasteiger partial charge in [-0.3, -0.25) is 13.9 Å². The Hall–Kier alpha value is -3.64. The molecule has 13 heteroatoms. The first-order valence-corrected chi connectivity index (χ1v) is 13.8. The highest BCUT2D eigenvalue weighted by Crippen LogP contribution is 2.37. The zero-order valence-electron chi connectivity index (χ0n) is 21.5. The quantitative estimate of drug-likeness (QED) is 0.323. The third-order valence-corrected chi connectivity index (χ3v) is 8.14. The van der Waals surface area contributed by atoms with Crippen molar-refractivity contribution in [3.63, 3.8) is 0 Å². The van der Waals surface area contributed by atoms with Crippen molar-refractivity contribution >= 4 is 39.1 Å². The number of alkyl halides is 3. The zero-order valence-corrected chi connectivity index (χ0v) is 23.0. The molecule has 0 fully saturated rings. The van der Waals surface area contributed by atoms with Crippen molar-refractivity contribution < 1.29 is 35.6 Å². The maximum absolute atomic E-state index is 13.8. The van der Waals surface area contributed by atoms with Crippen LogP contribution in [-0.4, -0.2) is 44.8 Å². The third-order valence-electron chi connectivity index (χ3n) is 6.05. The van der Waals surface area contributed by atoms with Gasteiger partial charge in [-0.05, 0) is 54.4 Å². The fraction of sp³-hybridized carbons (Fsp3) is 0.259. The van der Waals surface area contributed by atoms with Crippen molar-refractivity contribution in [1.82, 2.24) is 10.2 Å². The van der Waals surface area contributed by atoms with Crippen LogP contribution in [0.3, 0.4) is 0 Å². The Labute approximate surface area is 234 Å². The van der Waals surface area contributed by atoms with Crippen LogP contribution >= 0.6 is 11.6 Å². The smallest absolute Gasteiger partial charge is 0.357 e. The van der Waals surface area contributed by atoms with Crippen molar-refractivity contribution in [3.05, 3.63) is 94.8 Å². The topological polar surface area (TPSA) is 86.8 Å². The van der Waals surface area contributed by atoms with Gasteiger partial charge in [0.25, 0.3) is 10.0 Å². The van der Waals surface area contributed by atoms with Gasteiger partial charge in [0, 0.05) is 13.6 Å². The number of nitrogens with one attached hydrogen (secondary N) is 1. The van der Waals surface area contributed by atoms with Crippen LogP contribution in [-0.2, 0) is 32.3 Å². The van der Waals surface area contributed by atoms with E-state index in [1.165, 1.54) is 43.4 Å². The highest BCUT2D eigenvalue weighted by Gasteiger charge is 2.36. The van der Waals surface area contributed by atoms with E-state index in [-0.39, 0.29) is 22.9 Å². The number of carbonyl (C=O) groups is 2. The van der Waals surface area contributed by atoms with Gasteiger partial charge in [-0.15, -0.1) is 0 Å². The number of sulfonamides is 1. The number of nitrogens with zero attached hydrogens (tertiary/aromatic N) is 2. The van der Waals surface area contributed by atoms with E-state index in [4.69, 9.17) is 11.6 Å². The molecule has 0 saturated heterocycles. The summed E-state index contributed by atoms with van der Waals surface area (Å²) in [5, 5.41) is 2.11. The van der Waals surface area contributed by atoms with Gasteiger partial charge in [0.2, 0.25) is 11.8 Å². The summed E-state index contributed by atoms with van der Waals surface area (Å²) in [4.78, 5) is 27.3. The average Bonchev–Trinajstić information content (AvgIpc) is 2.92. The van der Waals surface area contributed by atoms with E-state index in [0.29, 0.717) is 22.0 Å². The Morgan fingerprint density at radius 1 is 1.00 bits per heavy atom. The molecule has 3 aromatic rings. The number of amides is 2. The predicted octanol–water partition coefficient (Wildman–Crippen LogP) is 5.25. The number of hydrogen-bond acceptors (Lipinski definition) is 4. The van der Waals surface area contributed by atoms with Gasteiger partial charge in [0.1, 0.15) is 18.4 Å². The standard InChI is InChI=1S/C27H26ClF4N3O4S/c1-3-23(26(37)33-2)34(16-18-9-12-20(29)13-10-18)25(36)17-35(40(38,39)21-7-5-4-6-8-21)24-15-19(27(30,31)32)11-14-22(24)28/h4-15,23H,3,16-17H2,1-2H3,(H,33,37)/t23-/m1/s1. The largest absolute Gasteiger partial charge is 0.416 e. The summed E-state index contributed by atoms with van der Waals surface area (Å²) in [5.74, 6) is -1.97. The minimum absolute atomic E-state index is 0.127. The highest BCUT2D eigenvalue weighted by molar-refractivity contribution is 7.92. The lowest BCUT2D eigenvalue weighted by atomic mass is 10.1. The van der Waals surface area contributed by atoms with Gasteiger partial charge in [0.05, 0.1) is 21.2 Å². The molecule has 214 valence electrons. The van der Waals surface area contributed by atoms with E-state index in [1.807, 2.05) is 0 Å². The molecule has 40 heavy (non-hydrogen) atoms. The molecular formula is C27H26ClF4N3O4S. The summed E-state index contributed by atoms with van der Waals surface area (Å²) >= 11 is 6.21. The Kier molecular flexibility index (Phi) is 9.80. The van der Waals surface area contributed by atoms with Gasteiger partial charge in [-0.1, -0.05) is 48.9 Å². The maximum atomic E-state index is 13.8. The molecule has 1 atom stereocenters. The number of likely N-dealkylation sites (N-methyl/N-ethyl adjacent to an activating group) is 1. The van der Waals surface area contributed by atoms with E-state index in [9.17, 15) is 35.6 Å². The molecule has 3 aromatic carbocycles. The van der Waals surface area contributed by atoms with Crippen LogP contribution in [0.5, 0.6) is 0 Å². The van der Waals surface area contributed by atoms with Gasteiger partial charge in [0.15, 0.2) is 0 Å². The highest BCUT2D eigenvalue weighted by atomic mass is 35.5. The summed E-state index contributed by atoms with van der Waals surface area (Å²) < 4.78 is 82.1. The Balaban J connectivity index is 2.15. The molecule has 2 amide bonds. The third kappa shape index (κ3) is 7.11. The number of carbonyl (C=O) groups excluding carboxylic acids is 2. The number of benzene rings is 3. The number of halogens is 5. The van der Waals surface area contributed by atoms with Crippen LogP contribution in [0.4, 0.5) is 23.2 Å². The first kappa shape index (κ1) is 30.9. The molecule has 0 heterocycles. The Morgan fingerprint density at radius 2 is 1.62 bits per heavy atom. The summed E-state index contributed by atoms with van der Waals surface area (Å²) in [6.07, 6.45) is -4.70. The Bertz CT molecular complexity index is 1450. The Morgan fingerprint density at radius 3 is 2.17 bits per heavy atom. The van der Waals surface area contributed by atoms with Gasteiger partial charge >= 0.3 is 6.18 Å². The molecule has 0 spiro atoms. The molecule has 0 aliphatic carbocycles. The lowest BCUT2D eigenvalue weighted by molar-refractivity contribution is -0.140. The first-order chi connectivity index (χ1) is 18.8. The monoisotopic (exact) mass is 599 g/mol. The molecule has 0 aliphatic rings. The van der Waals surface area contributed by atoms with E-state index in [1.54, 1.807) is 13.0 Å². The SMILES string of the molecule is CC[C@H](C(=O)NC)N(Cc1ccc(F)cc1)C(=O)CN(c1cc(C(F)(F)F)ccc1Cl)S(=O)(=O)c1ccccc1. The van der Waals surface area contributed by atoms with Crippen molar-refractivity contribution in [2.45, 2.75) is 37.0 Å². The molecule has 0 radical (unpaired) electrons. The second kappa shape index (κ2) is 12.7. The predicted molar refractivity (Wildman–Crippen MR) is 143 cm³/mol. The normalized spacial score (nSPS) is 12.5. The molecule has 7 nitrogen and oxygen atoms in total. The zero-order chi connectivity index (χ0) is 29.7. The number of rotatable bonds is 10. The van der Waals surface area contributed by atoms with Crippen molar-refractivity contribution in [3.8, 4) is 0 Å². The summed E-state index contributed by atoms with van der Waals surface area (Å²) in [7, 11) is -3.26. The van der Waals surface area contributed by atoms with Crippen LogP contribution in [0.2, 0.25) is 5.02 Å². The molecule has 0 aliphatic heterocycles. The lowest BCUT2D eigenvalue weighted by Gasteiger charge is -2.33. The van der Waals surface area contributed by atoms with Crippen LogP contribution in [0.25, 0.3) is 0 Å². The van der Waals surface area contributed by atoms with Crippen LogP contribution in [0, 0.1) is 5.82 Å². The van der Waals surface area contributed by atoms with E-state index < -0.39 is 57.7 Å². The summed E-state index contributed by atoms with van der Waals surface area (Å²) in [6.45, 7) is 0.445. The molecule has 0 bridgehead atoms. The summed E-state index contributed by atoms with van der Waals surface area (Å²) in [6, 6.07) is 13.0. The van der Waals surface area contributed by atoms with Gasteiger partial charge in [-0.2, -0.15) is 13.2 Å². The van der Waals surface area contributed by atoms with Crippen LogP contribution in [0.1, 0.15) is 24.5 Å². The molecule has 3 rings (SSSR count). The van der Waals surface area contributed by atoms with Crippen molar-refractivity contribution in [2.75, 3.05) is 17.9 Å². The molecule has 0 saturated carbocycles. The number of anilines is 1. The van der Waals surface area contributed by atoms with Crippen molar-refractivity contribution in [1.29, 1.82) is 0 Å².